The van der Waals surface area contributed by atoms with Gasteiger partial charge in [0.25, 0.3) is 17.5 Å². The number of amides is 3. The first-order valence-electron chi connectivity index (χ1n) is 8.11. The van der Waals surface area contributed by atoms with Gasteiger partial charge < -0.3 is 0 Å². The molecule has 0 radical (unpaired) electrons. The van der Waals surface area contributed by atoms with Crippen LogP contribution in [0.4, 0.5) is 11.6 Å². The number of fused-ring (bicyclic) bond motifs is 2. The fourth-order valence-corrected chi connectivity index (χ4v) is 3.72. The molecule has 0 fully saturated rings. The lowest BCUT2D eigenvalue weighted by molar-refractivity contribution is -0.385. The largest absolute Gasteiger partial charge is 0.293 e. The van der Waals surface area contributed by atoms with E-state index in [9.17, 15) is 24.5 Å². The molecule has 1 N–H and O–H groups in total. The number of carbonyl (C=O) groups is 3. The molecule has 0 unspecified atom stereocenters. The minimum atomic E-state index is -0.781. The molecule has 4 rings (SSSR count). The number of nitro benzene ring substituents is 1. The Morgan fingerprint density at radius 1 is 1.32 bits per heavy atom. The molecular weight excluding hydrogens is 388 g/mol. The Labute approximate surface area is 160 Å². The van der Waals surface area contributed by atoms with Gasteiger partial charge in [-0.3, -0.25) is 34.7 Å². The quantitative estimate of drug-likeness (QED) is 0.390. The first-order chi connectivity index (χ1) is 13.4. The van der Waals surface area contributed by atoms with Crippen LogP contribution in [0.15, 0.2) is 23.6 Å². The Hall–Kier alpha value is -3.67. The molecule has 142 valence electrons. The van der Waals surface area contributed by atoms with Crippen LogP contribution >= 0.6 is 11.3 Å². The van der Waals surface area contributed by atoms with Crippen LogP contribution in [0, 0.1) is 17.0 Å². The number of aromatic nitrogens is 3. The summed E-state index contributed by atoms with van der Waals surface area (Å²) in [7, 11) is 0. The predicted molar refractivity (Wildman–Crippen MR) is 97.3 cm³/mol. The number of thiazole rings is 1. The van der Waals surface area contributed by atoms with E-state index in [1.165, 1.54) is 23.5 Å². The van der Waals surface area contributed by atoms with Crippen LogP contribution in [0.25, 0.3) is 4.96 Å². The molecule has 11 nitrogen and oxygen atoms in total. The number of hydrogen-bond acceptors (Lipinski definition) is 8. The molecule has 0 saturated carbocycles. The van der Waals surface area contributed by atoms with E-state index in [1.54, 1.807) is 4.52 Å². The fourth-order valence-electron chi connectivity index (χ4n) is 2.92. The van der Waals surface area contributed by atoms with Crippen LogP contribution in [0.5, 0.6) is 0 Å². The first kappa shape index (κ1) is 17.7. The Morgan fingerprint density at radius 3 is 2.82 bits per heavy atom. The maximum atomic E-state index is 12.5. The van der Waals surface area contributed by atoms with Gasteiger partial charge in [0.1, 0.15) is 5.56 Å². The van der Waals surface area contributed by atoms with Gasteiger partial charge in [-0.15, -0.1) is 16.4 Å². The second-order valence-electron chi connectivity index (χ2n) is 6.02. The number of nitro groups is 1. The Morgan fingerprint density at radius 2 is 2.11 bits per heavy atom. The van der Waals surface area contributed by atoms with Crippen LogP contribution in [-0.4, -0.2) is 48.7 Å². The van der Waals surface area contributed by atoms with Gasteiger partial charge in [-0.2, -0.15) is 4.98 Å². The second kappa shape index (κ2) is 6.49. The van der Waals surface area contributed by atoms with Crippen molar-refractivity contribution in [3.63, 3.8) is 0 Å². The lowest BCUT2D eigenvalue weighted by Crippen LogP contribution is -2.33. The molecule has 3 heterocycles. The van der Waals surface area contributed by atoms with Gasteiger partial charge in [0.2, 0.25) is 16.8 Å². The monoisotopic (exact) mass is 400 g/mol. The number of anilines is 1. The van der Waals surface area contributed by atoms with E-state index in [0.29, 0.717) is 4.96 Å². The second-order valence-corrected chi connectivity index (χ2v) is 6.86. The van der Waals surface area contributed by atoms with Gasteiger partial charge >= 0.3 is 0 Å². The highest BCUT2D eigenvalue weighted by molar-refractivity contribution is 7.15. The summed E-state index contributed by atoms with van der Waals surface area (Å²) in [6.45, 7) is 1.64. The van der Waals surface area contributed by atoms with Crippen molar-refractivity contribution < 1.29 is 19.3 Å². The average Bonchev–Trinajstić information content (AvgIpc) is 3.28. The molecule has 0 aliphatic carbocycles. The summed E-state index contributed by atoms with van der Waals surface area (Å²) in [5.41, 5.74) is 0.163. The average molecular weight is 400 g/mol. The molecule has 0 atom stereocenters. The first-order valence-corrected chi connectivity index (χ1v) is 8.99. The molecule has 1 aliphatic heterocycles. The topological polar surface area (TPSA) is 140 Å². The van der Waals surface area contributed by atoms with Crippen molar-refractivity contribution in [2.24, 2.45) is 0 Å². The van der Waals surface area contributed by atoms with Crippen LogP contribution in [0.2, 0.25) is 0 Å². The van der Waals surface area contributed by atoms with Crippen molar-refractivity contribution in [1.82, 2.24) is 19.5 Å². The summed E-state index contributed by atoms with van der Waals surface area (Å²) in [5, 5.41) is 19.6. The maximum Gasteiger partial charge on any atom is 0.282 e. The van der Waals surface area contributed by atoms with Crippen molar-refractivity contribution in [3.05, 3.63) is 50.5 Å². The van der Waals surface area contributed by atoms with E-state index in [1.807, 2.05) is 12.3 Å². The summed E-state index contributed by atoms with van der Waals surface area (Å²) in [6.07, 6.45) is -0.189. The predicted octanol–water partition coefficient (Wildman–Crippen LogP) is 1.63. The zero-order valence-corrected chi connectivity index (χ0v) is 15.2. The van der Waals surface area contributed by atoms with E-state index in [0.717, 1.165) is 16.7 Å². The van der Waals surface area contributed by atoms with Gasteiger partial charge in [0.15, 0.2) is 0 Å². The SMILES string of the molecule is Cc1csc2nc(NC(=O)CCN3C(=O)c4cccc([N+](=O)[O-])c4C3=O)nn12. The molecule has 0 spiro atoms. The van der Waals surface area contributed by atoms with Gasteiger partial charge in [0, 0.05) is 24.4 Å². The van der Waals surface area contributed by atoms with Crippen molar-refractivity contribution in [2.45, 2.75) is 13.3 Å². The summed E-state index contributed by atoms with van der Waals surface area (Å²) >= 11 is 1.38. The van der Waals surface area contributed by atoms with Crippen LogP contribution in [-0.2, 0) is 4.79 Å². The maximum absolute atomic E-state index is 12.5. The number of carbonyl (C=O) groups excluding carboxylic acids is 3. The summed E-state index contributed by atoms with van der Waals surface area (Å²) in [4.78, 5) is 53.0. The molecular formula is C16H12N6O5S. The number of benzene rings is 1. The third-order valence-corrected chi connectivity index (χ3v) is 5.17. The highest BCUT2D eigenvalue weighted by Gasteiger charge is 2.40. The van der Waals surface area contributed by atoms with Crippen molar-refractivity contribution in [3.8, 4) is 0 Å². The van der Waals surface area contributed by atoms with Crippen molar-refractivity contribution in [1.29, 1.82) is 0 Å². The minimum Gasteiger partial charge on any atom is -0.293 e. The van der Waals surface area contributed by atoms with Gasteiger partial charge in [0.05, 0.1) is 16.2 Å². The van der Waals surface area contributed by atoms with E-state index in [-0.39, 0.29) is 30.0 Å². The molecule has 3 aromatic rings. The minimum absolute atomic E-state index is 0.0360. The molecule has 3 amide bonds. The van der Waals surface area contributed by atoms with E-state index in [4.69, 9.17) is 0 Å². The number of hydrogen-bond donors (Lipinski definition) is 1. The number of aryl methyl sites for hydroxylation is 1. The van der Waals surface area contributed by atoms with Gasteiger partial charge in [-0.25, -0.2) is 4.52 Å². The summed E-state index contributed by atoms with van der Waals surface area (Å²) in [6, 6.07) is 3.86. The van der Waals surface area contributed by atoms with Crippen LogP contribution in [0.3, 0.4) is 0 Å². The highest BCUT2D eigenvalue weighted by Crippen LogP contribution is 2.30. The van der Waals surface area contributed by atoms with Crippen molar-refractivity contribution >= 4 is 45.7 Å². The Balaban J connectivity index is 1.45. The number of nitrogens with zero attached hydrogens (tertiary/aromatic N) is 5. The summed E-state index contributed by atoms with van der Waals surface area (Å²) < 4.78 is 1.59. The third kappa shape index (κ3) is 2.79. The van der Waals surface area contributed by atoms with Crippen molar-refractivity contribution in [2.75, 3.05) is 11.9 Å². The Kier molecular flexibility index (Phi) is 4.11. The third-order valence-electron chi connectivity index (χ3n) is 4.23. The van der Waals surface area contributed by atoms with Gasteiger partial charge in [-0.1, -0.05) is 6.07 Å². The standard InChI is InChI=1S/C16H12N6O5S/c1-8-7-28-16-18-15(19-21(8)16)17-11(23)5-6-20-13(24)9-3-2-4-10(22(26)27)12(9)14(20)25/h2-4,7H,5-6H2,1H3,(H,17,19,23). The van der Waals surface area contributed by atoms with Gasteiger partial charge in [-0.05, 0) is 13.0 Å². The van der Waals surface area contributed by atoms with Crippen LogP contribution < -0.4 is 5.32 Å². The molecule has 1 aliphatic rings. The molecule has 12 heteroatoms. The molecule has 0 bridgehead atoms. The lowest BCUT2D eigenvalue weighted by Gasteiger charge is -2.12. The number of imide groups is 1. The number of rotatable bonds is 5. The summed E-state index contributed by atoms with van der Waals surface area (Å²) in [5.74, 6) is -1.80. The fraction of sp³-hybridized carbons (Fsp3) is 0.188. The normalized spacial score (nSPS) is 13.2. The van der Waals surface area contributed by atoms with Crippen LogP contribution in [0.1, 0.15) is 32.8 Å². The molecule has 0 saturated heterocycles. The molecule has 2 aromatic heterocycles. The number of nitrogens with one attached hydrogen (secondary N) is 1. The zero-order valence-electron chi connectivity index (χ0n) is 14.4. The lowest BCUT2D eigenvalue weighted by atomic mass is 10.1. The van der Waals surface area contributed by atoms with E-state index >= 15 is 0 Å². The highest BCUT2D eigenvalue weighted by atomic mass is 32.1. The molecule has 28 heavy (non-hydrogen) atoms. The smallest absolute Gasteiger partial charge is 0.282 e. The van der Waals surface area contributed by atoms with E-state index < -0.39 is 28.3 Å². The van der Waals surface area contributed by atoms with E-state index in [2.05, 4.69) is 15.4 Å². The molecule has 1 aromatic carbocycles. The zero-order chi connectivity index (χ0) is 20.0. The Bertz CT molecular complexity index is 1170.